The summed E-state index contributed by atoms with van der Waals surface area (Å²) in [7, 11) is 0. The zero-order valence-electron chi connectivity index (χ0n) is 13.3. The predicted octanol–water partition coefficient (Wildman–Crippen LogP) is 3.41. The summed E-state index contributed by atoms with van der Waals surface area (Å²) in [6.07, 6.45) is 2.62. The molecule has 0 aliphatic rings. The smallest absolute Gasteiger partial charge is 0.326 e. The first-order valence-electron chi connectivity index (χ1n) is 7.63. The molecule has 2 N–H and O–H groups in total. The minimum atomic E-state index is -0.983. The number of fused-ring (bicyclic) bond motifs is 1. The highest BCUT2D eigenvalue weighted by Crippen LogP contribution is 2.21. The number of amides is 1. The Balaban J connectivity index is 1.96. The van der Waals surface area contributed by atoms with Crippen LogP contribution in [0.25, 0.3) is 10.9 Å². The second-order valence-electron chi connectivity index (χ2n) is 6.05. The lowest BCUT2D eigenvalue weighted by Gasteiger charge is -2.16. The number of nitrogens with zero attached hydrogens (tertiary/aromatic N) is 1. The van der Waals surface area contributed by atoms with Crippen molar-refractivity contribution in [1.29, 1.82) is 0 Å². The van der Waals surface area contributed by atoms with Gasteiger partial charge in [0, 0.05) is 34.5 Å². The molecule has 1 heterocycles. The summed E-state index contributed by atoms with van der Waals surface area (Å²) in [5.74, 6) is -1.01. The van der Waals surface area contributed by atoms with E-state index in [2.05, 4.69) is 21.2 Å². The maximum Gasteiger partial charge on any atom is 0.326 e. The number of benzene rings is 1. The highest BCUT2D eigenvalue weighted by Gasteiger charge is 2.20. The third-order valence-electron chi connectivity index (χ3n) is 3.65. The van der Waals surface area contributed by atoms with Crippen molar-refractivity contribution in [2.45, 2.75) is 39.3 Å². The van der Waals surface area contributed by atoms with Gasteiger partial charge in [0.2, 0.25) is 5.91 Å². The zero-order valence-corrected chi connectivity index (χ0v) is 14.8. The van der Waals surface area contributed by atoms with Crippen molar-refractivity contribution < 1.29 is 14.7 Å². The molecule has 124 valence electrons. The molecule has 1 aromatic carbocycles. The average Bonchev–Trinajstić information content (AvgIpc) is 2.86. The van der Waals surface area contributed by atoms with Gasteiger partial charge in [-0.25, -0.2) is 4.79 Å². The van der Waals surface area contributed by atoms with Crippen molar-refractivity contribution >= 4 is 38.7 Å². The standard InChI is InChI=1S/C17H21BrN2O3/c1-11(2)9-14(17(22)23)19-16(21)6-8-20-7-5-12-10-13(18)3-4-15(12)20/h3-5,7,10-11,14H,6,8-9H2,1-2H3,(H,19,21)(H,22,23)/t14-/m0/s1. The van der Waals surface area contributed by atoms with Crippen LogP contribution in [0.5, 0.6) is 0 Å². The highest BCUT2D eigenvalue weighted by atomic mass is 79.9. The molecule has 2 rings (SSSR count). The SMILES string of the molecule is CC(C)C[C@H](NC(=O)CCn1ccc2cc(Br)ccc21)C(=O)O. The van der Waals surface area contributed by atoms with Crippen molar-refractivity contribution in [3.05, 3.63) is 34.9 Å². The van der Waals surface area contributed by atoms with E-state index in [1.165, 1.54) is 0 Å². The molecule has 0 saturated carbocycles. The molecule has 23 heavy (non-hydrogen) atoms. The Kier molecular flexibility index (Phi) is 5.82. The van der Waals surface area contributed by atoms with Gasteiger partial charge in [-0.05, 0) is 36.6 Å². The van der Waals surface area contributed by atoms with Crippen LogP contribution in [-0.4, -0.2) is 27.6 Å². The van der Waals surface area contributed by atoms with Crippen LogP contribution < -0.4 is 5.32 Å². The Hall–Kier alpha value is -1.82. The van der Waals surface area contributed by atoms with Crippen molar-refractivity contribution in [2.75, 3.05) is 0 Å². The molecule has 0 aliphatic heterocycles. The van der Waals surface area contributed by atoms with Crippen molar-refractivity contribution in [1.82, 2.24) is 9.88 Å². The summed E-state index contributed by atoms with van der Waals surface area (Å²) in [5, 5.41) is 12.9. The first-order chi connectivity index (χ1) is 10.9. The van der Waals surface area contributed by atoms with E-state index < -0.39 is 12.0 Å². The lowest BCUT2D eigenvalue weighted by Crippen LogP contribution is -2.41. The van der Waals surface area contributed by atoms with Gasteiger partial charge in [0.15, 0.2) is 0 Å². The van der Waals surface area contributed by atoms with Crippen molar-refractivity contribution in [3.8, 4) is 0 Å². The maximum atomic E-state index is 12.0. The number of nitrogens with one attached hydrogen (secondary N) is 1. The monoisotopic (exact) mass is 380 g/mol. The Morgan fingerprint density at radius 3 is 2.70 bits per heavy atom. The van der Waals surface area contributed by atoms with Crippen LogP contribution in [0.15, 0.2) is 34.9 Å². The molecule has 0 spiro atoms. The molecule has 1 atom stereocenters. The van der Waals surface area contributed by atoms with E-state index in [0.717, 1.165) is 15.4 Å². The van der Waals surface area contributed by atoms with Gasteiger partial charge >= 0.3 is 5.97 Å². The van der Waals surface area contributed by atoms with E-state index in [0.29, 0.717) is 13.0 Å². The summed E-state index contributed by atoms with van der Waals surface area (Å²) in [6, 6.07) is 7.16. The number of hydrogen-bond acceptors (Lipinski definition) is 2. The number of aliphatic carboxylic acids is 1. The molecule has 0 fully saturated rings. The number of carboxylic acid groups (broad SMARTS) is 1. The Morgan fingerprint density at radius 2 is 2.04 bits per heavy atom. The van der Waals surface area contributed by atoms with E-state index in [1.807, 2.05) is 48.9 Å². The van der Waals surface area contributed by atoms with Crippen LogP contribution in [-0.2, 0) is 16.1 Å². The van der Waals surface area contributed by atoms with E-state index in [1.54, 1.807) is 0 Å². The molecular formula is C17H21BrN2O3. The highest BCUT2D eigenvalue weighted by molar-refractivity contribution is 9.10. The van der Waals surface area contributed by atoms with Crippen LogP contribution >= 0.6 is 15.9 Å². The number of halogens is 1. The summed E-state index contributed by atoms with van der Waals surface area (Å²) in [6.45, 7) is 4.39. The second kappa shape index (κ2) is 7.64. The Morgan fingerprint density at radius 1 is 1.30 bits per heavy atom. The topological polar surface area (TPSA) is 71.3 Å². The van der Waals surface area contributed by atoms with Gasteiger partial charge in [-0.3, -0.25) is 4.79 Å². The largest absolute Gasteiger partial charge is 0.480 e. The number of aromatic nitrogens is 1. The molecule has 1 aromatic heterocycles. The van der Waals surface area contributed by atoms with Crippen LogP contribution in [0.3, 0.4) is 0 Å². The van der Waals surface area contributed by atoms with E-state index in [-0.39, 0.29) is 18.2 Å². The van der Waals surface area contributed by atoms with Gasteiger partial charge in [-0.15, -0.1) is 0 Å². The van der Waals surface area contributed by atoms with Gasteiger partial charge in [0.25, 0.3) is 0 Å². The molecule has 0 aliphatic carbocycles. The molecule has 1 amide bonds. The molecule has 0 radical (unpaired) electrons. The Bertz CT molecular complexity index is 709. The maximum absolute atomic E-state index is 12.0. The summed E-state index contributed by atoms with van der Waals surface area (Å²) in [4.78, 5) is 23.2. The lowest BCUT2D eigenvalue weighted by atomic mass is 10.0. The van der Waals surface area contributed by atoms with Crippen LogP contribution in [0.1, 0.15) is 26.7 Å². The molecule has 6 heteroatoms. The van der Waals surface area contributed by atoms with Gasteiger partial charge in [-0.1, -0.05) is 29.8 Å². The third kappa shape index (κ3) is 4.82. The molecular weight excluding hydrogens is 360 g/mol. The molecule has 2 aromatic rings. The number of aryl methyl sites for hydroxylation is 1. The van der Waals surface area contributed by atoms with E-state index >= 15 is 0 Å². The van der Waals surface area contributed by atoms with E-state index in [9.17, 15) is 9.59 Å². The van der Waals surface area contributed by atoms with Crippen molar-refractivity contribution in [3.63, 3.8) is 0 Å². The number of carbonyl (C=O) groups excluding carboxylic acids is 1. The van der Waals surface area contributed by atoms with Crippen LogP contribution in [0.4, 0.5) is 0 Å². The molecule has 5 nitrogen and oxygen atoms in total. The summed E-state index contributed by atoms with van der Waals surface area (Å²) < 4.78 is 3.01. The quantitative estimate of drug-likeness (QED) is 0.772. The van der Waals surface area contributed by atoms with Gasteiger partial charge in [0.1, 0.15) is 6.04 Å². The zero-order chi connectivity index (χ0) is 17.0. The second-order valence-corrected chi connectivity index (χ2v) is 6.97. The fraction of sp³-hybridized carbons (Fsp3) is 0.412. The van der Waals surface area contributed by atoms with Crippen LogP contribution in [0, 0.1) is 5.92 Å². The summed E-state index contributed by atoms with van der Waals surface area (Å²) in [5.41, 5.74) is 1.05. The minimum Gasteiger partial charge on any atom is -0.480 e. The number of carboxylic acids is 1. The first-order valence-corrected chi connectivity index (χ1v) is 8.42. The number of hydrogen-bond donors (Lipinski definition) is 2. The molecule has 0 saturated heterocycles. The third-order valence-corrected chi connectivity index (χ3v) is 4.15. The Labute approximate surface area is 143 Å². The van der Waals surface area contributed by atoms with Gasteiger partial charge in [-0.2, -0.15) is 0 Å². The van der Waals surface area contributed by atoms with Crippen LogP contribution in [0.2, 0.25) is 0 Å². The number of rotatable bonds is 7. The van der Waals surface area contributed by atoms with Crippen molar-refractivity contribution in [2.24, 2.45) is 5.92 Å². The fourth-order valence-electron chi connectivity index (χ4n) is 2.55. The first kappa shape index (κ1) is 17.5. The molecule has 0 bridgehead atoms. The summed E-state index contributed by atoms with van der Waals surface area (Å²) >= 11 is 3.44. The van der Waals surface area contributed by atoms with Gasteiger partial charge in [0.05, 0.1) is 0 Å². The normalized spacial score (nSPS) is 12.5. The lowest BCUT2D eigenvalue weighted by molar-refractivity contribution is -0.142. The average molecular weight is 381 g/mol. The van der Waals surface area contributed by atoms with Gasteiger partial charge < -0.3 is 15.0 Å². The van der Waals surface area contributed by atoms with E-state index in [4.69, 9.17) is 5.11 Å². The fourth-order valence-corrected chi connectivity index (χ4v) is 2.93. The predicted molar refractivity (Wildman–Crippen MR) is 93.3 cm³/mol. The minimum absolute atomic E-state index is 0.211. The molecule has 0 unspecified atom stereocenters. The number of carbonyl (C=O) groups is 2.